The molecule has 2 nitrogen and oxygen atoms in total. The molecule has 0 aliphatic heterocycles. The summed E-state index contributed by atoms with van der Waals surface area (Å²) in [5.74, 6) is -0.541. The number of benzene rings is 8. The largest absolute Gasteiger partial charge is 0.306 e. The fraction of sp³-hybridized carbons (Fsp3) is 0. The second-order valence-corrected chi connectivity index (χ2v) is 14.1. The first-order valence-corrected chi connectivity index (χ1v) is 18.7. The molecule has 0 aliphatic rings. The summed E-state index contributed by atoms with van der Waals surface area (Å²) in [7, 11) is 0. The van der Waals surface area contributed by atoms with Crippen LogP contribution in [-0.2, 0) is 0 Å². The van der Waals surface area contributed by atoms with Gasteiger partial charge >= 0.3 is 0 Å². The predicted octanol–water partition coefficient (Wildman–Crippen LogP) is 14.2. The molecule has 0 spiro atoms. The highest BCUT2D eigenvalue weighted by molar-refractivity contribution is 6.10. The molecular formula is C52H34F2N2. The number of para-hydroxylation sites is 4. The molecule has 0 unspecified atom stereocenters. The first-order chi connectivity index (χ1) is 27.6. The van der Waals surface area contributed by atoms with Crippen LogP contribution in [0.4, 0.5) is 8.78 Å². The number of halogens is 2. The highest BCUT2D eigenvalue weighted by atomic mass is 19.1. The Morgan fingerprint density at radius 1 is 0.304 bits per heavy atom. The SMILES string of the molecule is Fc1cc(C=Cc2ccc(-c3ccc(C=Cc4ccc(-n5c6ccccc6c6ccccc65)c(F)c4)cc3)cc2)ccc1-n1c2ccccc2c2ccccc21. The van der Waals surface area contributed by atoms with Crippen LogP contribution >= 0.6 is 0 Å². The Bertz CT molecular complexity index is 2820. The van der Waals surface area contributed by atoms with E-state index >= 15 is 8.78 Å². The Morgan fingerprint density at radius 2 is 0.589 bits per heavy atom. The summed E-state index contributed by atoms with van der Waals surface area (Å²) in [6, 6.07) is 60.0. The lowest BCUT2D eigenvalue weighted by Gasteiger charge is -2.10. The van der Waals surface area contributed by atoms with Crippen LogP contribution in [0, 0.1) is 11.6 Å². The Labute approximate surface area is 323 Å². The van der Waals surface area contributed by atoms with E-state index in [4.69, 9.17) is 0 Å². The average molecular weight is 725 g/mol. The molecule has 0 radical (unpaired) electrons. The minimum Gasteiger partial charge on any atom is -0.306 e. The summed E-state index contributed by atoms with van der Waals surface area (Å²) >= 11 is 0. The van der Waals surface area contributed by atoms with Gasteiger partial charge in [0.2, 0.25) is 0 Å². The van der Waals surface area contributed by atoms with E-state index in [0.717, 1.165) is 77.0 Å². The zero-order chi connectivity index (χ0) is 37.6. The Kier molecular flexibility index (Phi) is 8.23. The lowest BCUT2D eigenvalue weighted by Crippen LogP contribution is -1.97. The van der Waals surface area contributed by atoms with Gasteiger partial charge in [-0.3, -0.25) is 0 Å². The molecule has 0 bridgehead atoms. The van der Waals surface area contributed by atoms with Crippen molar-refractivity contribution in [3.63, 3.8) is 0 Å². The van der Waals surface area contributed by atoms with Crippen LogP contribution < -0.4 is 0 Å². The molecule has 10 rings (SSSR count). The summed E-state index contributed by atoms with van der Waals surface area (Å²) in [6.07, 6.45) is 7.90. The summed E-state index contributed by atoms with van der Waals surface area (Å²) in [4.78, 5) is 0. The van der Waals surface area contributed by atoms with Gasteiger partial charge in [-0.1, -0.05) is 158 Å². The van der Waals surface area contributed by atoms with Crippen molar-refractivity contribution in [2.45, 2.75) is 0 Å². The molecule has 0 fully saturated rings. The molecule has 4 heteroatoms. The molecule has 56 heavy (non-hydrogen) atoms. The number of hydrogen-bond acceptors (Lipinski definition) is 0. The maximum Gasteiger partial charge on any atom is 0.147 e. The number of hydrogen-bond donors (Lipinski definition) is 0. The molecule has 0 atom stereocenters. The van der Waals surface area contributed by atoms with Crippen molar-refractivity contribution in [3.05, 3.63) is 216 Å². The van der Waals surface area contributed by atoms with E-state index in [0.29, 0.717) is 11.4 Å². The van der Waals surface area contributed by atoms with Crippen molar-refractivity contribution in [2.24, 2.45) is 0 Å². The van der Waals surface area contributed by atoms with Crippen molar-refractivity contribution >= 4 is 67.9 Å². The average Bonchev–Trinajstić information content (AvgIpc) is 3.76. The minimum atomic E-state index is -0.270. The van der Waals surface area contributed by atoms with Crippen molar-refractivity contribution in [1.29, 1.82) is 0 Å². The van der Waals surface area contributed by atoms with E-state index in [9.17, 15) is 0 Å². The molecule has 10 aromatic rings. The van der Waals surface area contributed by atoms with Crippen LogP contribution in [0.5, 0.6) is 0 Å². The van der Waals surface area contributed by atoms with E-state index < -0.39 is 0 Å². The second-order valence-electron chi connectivity index (χ2n) is 14.1. The Hall–Kier alpha value is -7.30. The maximum atomic E-state index is 15.7. The van der Waals surface area contributed by atoms with Gasteiger partial charge in [-0.15, -0.1) is 0 Å². The fourth-order valence-electron chi connectivity index (χ4n) is 7.94. The third-order valence-electron chi connectivity index (χ3n) is 10.7. The van der Waals surface area contributed by atoms with Gasteiger partial charge in [0, 0.05) is 21.5 Å². The number of fused-ring (bicyclic) bond motifs is 6. The van der Waals surface area contributed by atoms with Crippen LogP contribution in [0.25, 0.3) is 90.4 Å². The zero-order valence-corrected chi connectivity index (χ0v) is 30.3. The highest BCUT2D eigenvalue weighted by Gasteiger charge is 2.16. The molecular weight excluding hydrogens is 691 g/mol. The molecule has 8 aromatic carbocycles. The van der Waals surface area contributed by atoms with Gasteiger partial charge in [0.25, 0.3) is 0 Å². The molecule has 0 N–H and O–H groups in total. The van der Waals surface area contributed by atoms with E-state index in [1.807, 2.05) is 131 Å². The van der Waals surface area contributed by atoms with Gasteiger partial charge in [-0.2, -0.15) is 0 Å². The van der Waals surface area contributed by atoms with Gasteiger partial charge < -0.3 is 9.13 Å². The van der Waals surface area contributed by atoms with E-state index in [-0.39, 0.29) is 11.6 Å². The fourth-order valence-corrected chi connectivity index (χ4v) is 7.94. The monoisotopic (exact) mass is 724 g/mol. The summed E-state index contributed by atoms with van der Waals surface area (Å²) in [6.45, 7) is 0. The quantitative estimate of drug-likeness (QED) is 0.145. The highest BCUT2D eigenvalue weighted by Crippen LogP contribution is 2.35. The standard InChI is InChI=1S/C52H34F2N2/c53-45-33-37(25-31-51(45)55-47-13-5-1-9-41(47)42-10-2-6-14-48(42)55)19-17-35-21-27-39(28-22-35)40-29-23-36(24-30-40)18-20-38-26-32-52(46(54)34-38)56-49-15-7-3-11-43(49)44-12-4-8-16-50(44)56/h1-34H. The van der Waals surface area contributed by atoms with Crippen molar-refractivity contribution in [3.8, 4) is 22.5 Å². The van der Waals surface area contributed by atoms with E-state index in [1.165, 1.54) is 0 Å². The molecule has 0 saturated carbocycles. The topological polar surface area (TPSA) is 9.86 Å². The first-order valence-electron chi connectivity index (χ1n) is 18.7. The maximum absolute atomic E-state index is 15.7. The zero-order valence-electron chi connectivity index (χ0n) is 30.3. The third kappa shape index (κ3) is 5.89. The molecule has 2 aromatic heterocycles. The molecule has 0 saturated heterocycles. The minimum absolute atomic E-state index is 0.270. The number of rotatable bonds is 7. The van der Waals surface area contributed by atoms with Crippen molar-refractivity contribution < 1.29 is 8.78 Å². The van der Waals surface area contributed by atoms with Crippen LogP contribution in [0.1, 0.15) is 22.3 Å². The lowest BCUT2D eigenvalue weighted by molar-refractivity contribution is 0.620. The summed E-state index contributed by atoms with van der Waals surface area (Å²) in [5, 5.41) is 4.42. The third-order valence-corrected chi connectivity index (χ3v) is 10.7. The smallest absolute Gasteiger partial charge is 0.147 e. The molecule has 0 amide bonds. The normalized spacial score (nSPS) is 12.0. The molecule has 0 aliphatic carbocycles. The summed E-state index contributed by atoms with van der Waals surface area (Å²) in [5.41, 5.74) is 10.8. The van der Waals surface area contributed by atoms with Crippen LogP contribution in [0.15, 0.2) is 182 Å². The number of nitrogens with zero attached hydrogens (tertiary/aromatic N) is 2. The van der Waals surface area contributed by atoms with E-state index in [1.54, 1.807) is 12.1 Å². The molecule has 2 heterocycles. The molecule has 266 valence electrons. The van der Waals surface area contributed by atoms with Crippen LogP contribution in [0.2, 0.25) is 0 Å². The lowest BCUT2D eigenvalue weighted by atomic mass is 10.0. The van der Waals surface area contributed by atoms with Gasteiger partial charge in [0.05, 0.1) is 33.4 Å². The first kappa shape index (κ1) is 33.3. The van der Waals surface area contributed by atoms with Crippen molar-refractivity contribution in [2.75, 3.05) is 0 Å². The second kappa shape index (κ2) is 13.8. The van der Waals surface area contributed by atoms with Crippen LogP contribution in [-0.4, -0.2) is 9.13 Å². The summed E-state index contributed by atoms with van der Waals surface area (Å²) < 4.78 is 35.4. The number of aromatic nitrogens is 2. The Balaban J connectivity index is 0.828. The van der Waals surface area contributed by atoms with Crippen molar-refractivity contribution in [1.82, 2.24) is 9.13 Å². The van der Waals surface area contributed by atoms with Gasteiger partial charge in [-0.25, -0.2) is 8.78 Å². The van der Waals surface area contributed by atoms with Gasteiger partial charge in [0.1, 0.15) is 11.6 Å². The van der Waals surface area contributed by atoms with Crippen LogP contribution in [0.3, 0.4) is 0 Å². The van der Waals surface area contributed by atoms with Gasteiger partial charge in [0.15, 0.2) is 0 Å². The Morgan fingerprint density at radius 3 is 0.911 bits per heavy atom. The van der Waals surface area contributed by atoms with Gasteiger partial charge in [-0.05, 0) is 81.9 Å². The van der Waals surface area contributed by atoms with E-state index in [2.05, 4.69) is 72.8 Å². The predicted molar refractivity (Wildman–Crippen MR) is 231 cm³/mol.